The van der Waals surface area contributed by atoms with E-state index >= 15 is 0 Å². The number of benzene rings is 3. The summed E-state index contributed by atoms with van der Waals surface area (Å²) in [6, 6.07) is 25.9. The van der Waals surface area contributed by atoms with Crippen molar-refractivity contribution in [3.8, 4) is 0 Å². The Morgan fingerprint density at radius 2 is 0.872 bits per heavy atom. The van der Waals surface area contributed by atoms with Crippen molar-refractivity contribution in [2.75, 3.05) is 41.7 Å². The van der Waals surface area contributed by atoms with Crippen molar-refractivity contribution in [3.63, 3.8) is 0 Å². The largest absolute Gasteiger partial charge is 0.399 e. The zero-order valence-electron chi connectivity index (χ0n) is 25.1. The first-order valence-corrected chi connectivity index (χ1v) is 22.1. The van der Waals surface area contributed by atoms with E-state index in [4.69, 9.17) is 5.73 Å². The lowest BCUT2D eigenvalue weighted by atomic mass is 9.89. The summed E-state index contributed by atoms with van der Waals surface area (Å²) in [4.78, 5) is 5.11. The molecular formula is C34H49N3Si2. The molecule has 2 fully saturated rings. The molecule has 39 heavy (non-hydrogen) atoms. The lowest BCUT2D eigenvalue weighted by Gasteiger charge is -2.37. The highest BCUT2D eigenvalue weighted by Gasteiger charge is 2.25. The van der Waals surface area contributed by atoms with E-state index < -0.39 is 16.1 Å². The first kappa shape index (κ1) is 28.0. The second-order valence-electron chi connectivity index (χ2n) is 14.0. The highest BCUT2D eigenvalue weighted by atomic mass is 28.3. The summed E-state index contributed by atoms with van der Waals surface area (Å²) in [7, 11) is -2.48. The Bertz CT molecular complexity index is 1140. The van der Waals surface area contributed by atoms with E-state index in [9.17, 15) is 0 Å². The van der Waals surface area contributed by atoms with Crippen LogP contribution in [0.15, 0.2) is 66.7 Å². The van der Waals surface area contributed by atoms with Crippen molar-refractivity contribution in [1.82, 2.24) is 0 Å². The molecule has 2 heterocycles. The quantitative estimate of drug-likeness (QED) is 0.259. The maximum absolute atomic E-state index is 6.46. The maximum Gasteiger partial charge on any atom is 0.0775 e. The average Bonchev–Trinajstić information content (AvgIpc) is 2.92. The van der Waals surface area contributed by atoms with Crippen molar-refractivity contribution < 1.29 is 0 Å². The van der Waals surface area contributed by atoms with Gasteiger partial charge in [0.05, 0.1) is 16.1 Å². The summed E-state index contributed by atoms with van der Waals surface area (Å²) in [6.07, 6.45) is 4.83. The van der Waals surface area contributed by atoms with E-state index in [2.05, 4.69) is 116 Å². The number of rotatable bonds is 6. The second-order valence-corrected chi connectivity index (χ2v) is 24.2. The Kier molecular flexibility index (Phi) is 8.03. The van der Waals surface area contributed by atoms with Crippen LogP contribution in [0.5, 0.6) is 0 Å². The molecule has 0 radical (unpaired) electrons. The van der Waals surface area contributed by atoms with Gasteiger partial charge in [-0.15, -0.1) is 0 Å². The van der Waals surface area contributed by atoms with Crippen LogP contribution in [0.25, 0.3) is 0 Å². The number of piperidine rings is 2. The standard InChI is InChI=1S/C34H49N3Si2/c1-38(2,3)33-11-7-26(8-12-33)28-15-19-36(20-16-28)31-23-30(35)24-32(25-31)37-21-17-29(18-22-37)27-9-13-34(14-10-27)39(4,5)6/h7-14,23-25,28-29H,15-22,35H2,1-6H3. The molecule has 2 N–H and O–H groups in total. The van der Waals surface area contributed by atoms with Crippen molar-refractivity contribution in [1.29, 1.82) is 0 Å². The second kappa shape index (κ2) is 11.2. The smallest absolute Gasteiger partial charge is 0.0775 e. The third-order valence-electron chi connectivity index (χ3n) is 9.14. The zero-order chi connectivity index (χ0) is 27.8. The molecular weight excluding hydrogens is 507 g/mol. The molecule has 0 aromatic heterocycles. The van der Waals surface area contributed by atoms with E-state index in [1.807, 2.05) is 0 Å². The fourth-order valence-corrected chi connectivity index (χ4v) is 8.77. The molecule has 0 aliphatic carbocycles. The van der Waals surface area contributed by atoms with Crippen LogP contribution in [0.3, 0.4) is 0 Å². The van der Waals surface area contributed by atoms with Crippen LogP contribution in [-0.2, 0) is 0 Å². The summed E-state index contributed by atoms with van der Waals surface area (Å²) in [6.45, 7) is 18.9. The number of nitrogens with zero attached hydrogens (tertiary/aromatic N) is 2. The first-order valence-electron chi connectivity index (χ1n) is 15.1. The van der Waals surface area contributed by atoms with Crippen molar-refractivity contribution >= 4 is 43.6 Å². The monoisotopic (exact) mass is 555 g/mol. The predicted molar refractivity (Wildman–Crippen MR) is 178 cm³/mol. The van der Waals surface area contributed by atoms with Crippen LogP contribution in [-0.4, -0.2) is 42.3 Å². The summed E-state index contributed by atoms with van der Waals surface area (Å²) in [5.41, 5.74) is 13.0. The van der Waals surface area contributed by atoms with Crippen LogP contribution in [0.4, 0.5) is 17.1 Å². The molecule has 0 saturated carbocycles. The number of hydrogen-bond donors (Lipinski definition) is 1. The Balaban J connectivity index is 1.19. The van der Waals surface area contributed by atoms with Gasteiger partial charge >= 0.3 is 0 Å². The fourth-order valence-electron chi connectivity index (χ4n) is 6.44. The molecule has 0 bridgehead atoms. The van der Waals surface area contributed by atoms with E-state index in [0.717, 1.165) is 31.9 Å². The van der Waals surface area contributed by atoms with E-state index in [0.29, 0.717) is 11.8 Å². The van der Waals surface area contributed by atoms with Crippen LogP contribution < -0.4 is 25.9 Å². The molecule has 0 amide bonds. The summed E-state index contributed by atoms with van der Waals surface area (Å²) >= 11 is 0. The highest BCUT2D eigenvalue weighted by molar-refractivity contribution is 6.89. The minimum Gasteiger partial charge on any atom is -0.399 e. The van der Waals surface area contributed by atoms with Gasteiger partial charge in [0.25, 0.3) is 0 Å². The first-order chi connectivity index (χ1) is 18.5. The topological polar surface area (TPSA) is 32.5 Å². The maximum atomic E-state index is 6.46. The Morgan fingerprint density at radius 1 is 0.538 bits per heavy atom. The lowest BCUT2D eigenvalue weighted by molar-refractivity contribution is 0.502. The van der Waals surface area contributed by atoms with Crippen LogP contribution in [0, 0.1) is 0 Å². The predicted octanol–water partition coefficient (Wildman–Crippen LogP) is 7.13. The van der Waals surface area contributed by atoms with Gasteiger partial charge in [0.15, 0.2) is 0 Å². The van der Waals surface area contributed by atoms with Gasteiger partial charge in [-0.05, 0) is 66.8 Å². The normalized spacial score (nSPS) is 18.0. The molecule has 5 rings (SSSR count). The van der Waals surface area contributed by atoms with Gasteiger partial charge < -0.3 is 15.5 Å². The summed E-state index contributed by atoms with van der Waals surface area (Å²) < 4.78 is 0. The number of nitrogens with two attached hydrogens (primary N) is 1. The Labute approximate surface area is 239 Å². The molecule has 0 spiro atoms. The van der Waals surface area contributed by atoms with E-state index in [1.54, 1.807) is 10.4 Å². The zero-order valence-corrected chi connectivity index (χ0v) is 27.1. The van der Waals surface area contributed by atoms with Gasteiger partial charge in [0.2, 0.25) is 0 Å². The van der Waals surface area contributed by atoms with Gasteiger partial charge in [-0.2, -0.15) is 0 Å². The minimum absolute atomic E-state index is 0.663. The molecule has 2 aliphatic heterocycles. The minimum atomic E-state index is -1.24. The molecule has 2 saturated heterocycles. The number of hydrogen-bond acceptors (Lipinski definition) is 3. The molecule has 5 heteroatoms. The number of anilines is 3. The Hall–Kier alpha value is -2.51. The summed E-state index contributed by atoms with van der Waals surface area (Å²) in [5, 5.41) is 3.11. The molecule has 3 aromatic carbocycles. The molecule has 0 unspecified atom stereocenters. The molecule has 208 valence electrons. The van der Waals surface area contributed by atoms with Gasteiger partial charge in [0.1, 0.15) is 0 Å². The molecule has 0 atom stereocenters. The van der Waals surface area contributed by atoms with Crippen molar-refractivity contribution in [3.05, 3.63) is 77.9 Å². The van der Waals surface area contributed by atoms with Crippen molar-refractivity contribution in [2.24, 2.45) is 0 Å². The molecule has 2 aliphatic rings. The summed E-state index contributed by atoms with van der Waals surface area (Å²) in [5.74, 6) is 1.33. The van der Waals surface area contributed by atoms with Gasteiger partial charge in [-0.25, -0.2) is 0 Å². The van der Waals surface area contributed by atoms with Crippen LogP contribution in [0.1, 0.15) is 48.6 Å². The van der Waals surface area contributed by atoms with Gasteiger partial charge in [-0.3, -0.25) is 0 Å². The molecule has 3 nitrogen and oxygen atoms in total. The third-order valence-corrected chi connectivity index (χ3v) is 13.3. The van der Waals surface area contributed by atoms with Crippen LogP contribution in [0.2, 0.25) is 39.3 Å². The number of nitrogen functional groups attached to an aromatic ring is 1. The van der Waals surface area contributed by atoms with Crippen LogP contribution >= 0.6 is 0 Å². The Morgan fingerprint density at radius 3 is 1.18 bits per heavy atom. The SMILES string of the molecule is C[Si](C)(C)c1ccc(C2CCN(c3cc(N)cc(N4CCC(c5ccc([Si](C)(C)C)cc5)CC4)c3)CC2)cc1. The van der Waals surface area contributed by atoms with Gasteiger partial charge in [0, 0.05) is 43.2 Å². The third kappa shape index (κ3) is 6.63. The highest BCUT2D eigenvalue weighted by Crippen LogP contribution is 2.35. The van der Waals surface area contributed by atoms with Gasteiger partial charge in [-0.1, -0.05) is 98.2 Å². The lowest BCUT2D eigenvalue weighted by Crippen LogP contribution is -2.37. The molecule has 3 aromatic rings. The van der Waals surface area contributed by atoms with Crippen molar-refractivity contribution in [2.45, 2.75) is 76.8 Å². The van der Waals surface area contributed by atoms with E-state index in [1.165, 1.54) is 48.2 Å². The average molecular weight is 556 g/mol. The fraction of sp³-hybridized carbons (Fsp3) is 0.471. The van der Waals surface area contributed by atoms with E-state index in [-0.39, 0.29) is 0 Å².